The third-order valence-corrected chi connectivity index (χ3v) is 6.34. The van der Waals surface area contributed by atoms with Gasteiger partial charge in [0.2, 0.25) is 5.88 Å². The molecule has 6 nitrogen and oxygen atoms in total. The lowest BCUT2D eigenvalue weighted by molar-refractivity contribution is -0.122. The normalized spacial score (nSPS) is 15.1. The average Bonchev–Trinajstić information content (AvgIpc) is 3.10. The topological polar surface area (TPSA) is 63.6 Å². The second-order valence-corrected chi connectivity index (χ2v) is 8.97. The van der Waals surface area contributed by atoms with Gasteiger partial charge in [-0.1, -0.05) is 47.5 Å². The number of hydrogen-bond donors (Lipinski definition) is 1. The molecule has 0 unspecified atom stereocenters. The van der Waals surface area contributed by atoms with Crippen molar-refractivity contribution in [3.63, 3.8) is 0 Å². The van der Waals surface area contributed by atoms with Crippen molar-refractivity contribution < 1.29 is 14.3 Å². The number of benzene rings is 3. The van der Waals surface area contributed by atoms with Gasteiger partial charge in [-0.05, 0) is 67.7 Å². The molecule has 0 saturated carbocycles. The summed E-state index contributed by atoms with van der Waals surface area (Å²) in [4.78, 5) is 27.7. The highest BCUT2D eigenvalue weighted by molar-refractivity contribution is 7.80. The molecule has 0 bridgehead atoms. The lowest BCUT2D eigenvalue weighted by atomic mass is 10.1. The van der Waals surface area contributed by atoms with E-state index in [0.29, 0.717) is 27.9 Å². The van der Waals surface area contributed by atoms with Crippen molar-refractivity contribution in [3.05, 3.63) is 94.5 Å². The van der Waals surface area contributed by atoms with Gasteiger partial charge in [-0.3, -0.25) is 19.8 Å². The first kappa shape index (κ1) is 22.8. The number of hydrogen-bond acceptors (Lipinski definition) is 4. The molecule has 2 amide bonds. The summed E-state index contributed by atoms with van der Waals surface area (Å²) in [5.41, 5.74) is 3.07. The number of aryl methyl sites for hydroxylation is 2. The van der Waals surface area contributed by atoms with Gasteiger partial charge in [-0.25, -0.2) is 0 Å². The first-order valence-electron chi connectivity index (χ1n) is 10.8. The Labute approximate surface area is 212 Å². The number of carbonyl (C=O) groups is 2. The third-order valence-electron chi connectivity index (χ3n) is 5.80. The standard InChI is InChI=1S/C27H20ClN3O3S/c1-16-7-13-19(14-8-16)34-26-21(20-5-3-4-6-23(20)30(26)2)15-22-24(32)29-27(35)31(25(22)33)18-11-9-17(28)10-12-18/h3-15H,1-2H3,(H,29,32,35)/b22-15+. The van der Waals surface area contributed by atoms with Gasteiger partial charge < -0.3 is 9.30 Å². The summed E-state index contributed by atoms with van der Waals surface area (Å²) in [5, 5.41) is 4.00. The molecule has 35 heavy (non-hydrogen) atoms. The summed E-state index contributed by atoms with van der Waals surface area (Å²) in [6.45, 7) is 2.00. The summed E-state index contributed by atoms with van der Waals surface area (Å²) in [6.07, 6.45) is 1.56. The molecule has 1 saturated heterocycles. The van der Waals surface area contributed by atoms with Crippen LogP contribution in [0.3, 0.4) is 0 Å². The molecule has 1 aromatic heterocycles. The van der Waals surface area contributed by atoms with Gasteiger partial charge in [0.05, 0.1) is 11.2 Å². The van der Waals surface area contributed by atoms with Gasteiger partial charge in [0, 0.05) is 23.0 Å². The van der Waals surface area contributed by atoms with Gasteiger partial charge in [0.25, 0.3) is 11.8 Å². The Kier molecular flexibility index (Phi) is 5.88. The van der Waals surface area contributed by atoms with Gasteiger partial charge >= 0.3 is 0 Å². The van der Waals surface area contributed by atoms with E-state index in [4.69, 9.17) is 28.6 Å². The van der Waals surface area contributed by atoms with E-state index >= 15 is 0 Å². The fraction of sp³-hybridized carbons (Fsp3) is 0.0741. The molecule has 8 heteroatoms. The monoisotopic (exact) mass is 501 g/mol. The first-order valence-corrected chi connectivity index (χ1v) is 11.6. The fourth-order valence-electron chi connectivity index (χ4n) is 4.01. The van der Waals surface area contributed by atoms with E-state index in [1.165, 1.54) is 4.90 Å². The smallest absolute Gasteiger partial charge is 0.270 e. The van der Waals surface area contributed by atoms with E-state index in [1.54, 1.807) is 30.3 Å². The molecule has 3 aromatic carbocycles. The van der Waals surface area contributed by atoms with Crippen molar-refractivity contribution in [2.45, 2.75) is 6.92 Å². The maximum atomic E-state index is 13.5. The van der Waals surface area contributed by atoms with E-state index in [-0.39, 0.29) is 10.7 Å². The summed E-state index contributed by atoms with van der Waals surface area (Å²) in [7, 11) is 1.88. The van der Waals surface area contributed by atoms with Crippen LogP contribution in [0, 0.1) is 6.92 Å². The average molecular weight is 502 g/mol. The minimum atomic E-state index is -0.570. The number of thiocarbonyl (C=S) groups is 1. The molecule has 0 atom stereocenters. The molecule has 2 heterocycles. The zero-order chi connectivity index (χ0) is 24.7. The van der Waals surface area contributed by atoms with E-state index in [2.05, 4.69) is 5.32 Å². The van der Waals surface area contributed by atoms with Crippen LogP contribution in [0.15, 0.2) is 78.4 Å². The lowest BCUT2D eigenvalue weighted by Gasteiger charge is -2.29. The molecule has 0 spiro atoms. The molecule has 1 fully saturated rings. The Morgan fingerprint density at radius 3 is 2.37 bits per heavy atom. The SMILES string of the molecule is Cc1ccc(Oc2c(/C=C3\C(=O)NC(=S)N(c4ccc(Cl)cc4)C3=O)c3ccccc3n2C)cc1. The van der Waals surface area contributed by atoms with Crippen LogP contribution in [0.2, 0.25) is 5.02 Å². The molecule has 4 aromatic rings. The number of para-hydroxylation sites is 1. The fourth-order valence-corrected chi connectivity index (χ4v) is 4.41. The summed E-state index contributed by atoms with van der Waals surface area (Å²) < 4.78 is 8.16. The molecule has 1 aliphatic heterocycles. The number of halogens is 1. The van der Waals surface area contributed by atoms with Crippen LogP contribution < -0.4 is 15.0 Å². The van der Waals surface area contributed by atoms with E-state index in [1.807, 2.05) is 67.1 Å². The maximum Gasteiger partial charge on any atom is 0.270 e. The molecule has 1 N–H and O–H groups in total. The van der Waals surface area contributed by atoms with Crippen molar-refractivity contribution in [1.29, 1.82) is 0 Å². The number of rotatable bonds is 4. The van der Waals surface area contributed by atoms with Gasteiger partial charge in [0.1, 0.15) is 11.3 Å². The Bertz CT molecular complexity index is 1520. The van der Waals surface area contributed by atoms with E-state index in [9.17, 15) is 9.59 Å². The van der Waals surface area contributed by atoms with Crippen molar-refractivity contribution in [3.8, 4) is 11.6 Å². The zero-order valence-corrected chi connectivity index (χ0v) is 20.5. The third kappa shape index (κ3) is 4.20. The molecule has 174 valence electrons. The van der Waals surface area contributed by atoms with Crippen LogP contribution >= 0.6 is 23.8 Å². The molecule has 5 rings (SSSR count). The summed E-state index contributed by atoms with van der Waals surface area (Å²) >= 11 is 11.3. The second kappa shape index (κ2) is 9.02. The minimum Gasteiger partial charge on any atom is -0.440 e. The van der Waals surface area contributed by atoms with E-state index < -0.39 is 11.8 Å². The minimum absolute atomic E-state index is 0.00789. The van der Waals surface area contributed by atoms with Crippen LogP contribution in [-0.4, -0.2) is 21.5 Å². The molecule has 1 aliphatic rings. The highest BCUT2D eigenvalue weighted by atomic mass is 35.5. The predicted octanol–water partition coefficient (Wildman–Crippen LogP) is 5.76. The Morgan fingerprint density at radius 1 is 0.971 bits per heavy atom. The summed E-state index contributed by atoms with van der Waals surface area (Å²) in [5.74, 6) is 0.0496. The number of fused-ring (bicyclic) bond motifs is 1. The maximum absolute atomic E-state index is 13.5. The van der Waals surface area contributed by atoms with Crippen LogP contribution in [0.25, 0.3) is 17.0 Å². The van der Waals surface area contributed by atoms with Gasteiger partial charge in [-0.15, -0.1) is 0 Å². The largest absolute Gasteiger partial charge is 0.440 e. The molecule has 0 radical (unpaired) electrons. The number of aromatic nitrogens is 1. The second-order valence-electron chi connectivity index (χ2n) is 8.14. The quantitative estimate of drug-likeness (QED) is 0.219. The van der Waals surface area contributed by atoms with Crippen LogP contribution in [0.1, 0.15) is 11.1 Å². The zero-order valence-electron chi connectivity index (χ0n) is 18.9. The van der Waals surface area contributed by atoms with Crippen LogP contribution in [0.4, 0.5) is 5.69 Å². The highest BCUT2D eigenvalue weighted by Crippen LogP contribution is 2.36. The van der Waals surface area contributed by atoms with E-state index in [0.717, 1.165) is 16.5 Å². The molecule has 0 aliphatic carbocycles. The number of ether oxygens (including phenoxy) is 1. The number of anilines is 1. The Morgan fingerprint density at radius 2 is 1.66 bits per heavy atom. The first-order chi connectivity index (χ1) is 16.8. The lowest BCUT2D eigenvalue weighted by Crippen LogP contribution is -2.54. The van der Waals surface area contributed by atoms with Gasteiger partial charge in [-0.2, -0.15) is 0 Å². The Hall–Kier alpha value is -3.94. The number of amides is 2. The number of nitrogens with zero attached hydrogens (tertiary/aromatic N) is 2. The number of carbonyl (C=O) groups excluding carboxylic acids is 2. The van der Waals surface area contributed by atoms with Crippen LogP contribution in [0.5, 0.6) is 11.6 Å². The Balaban J connectivity index is 1.64. The van der Waals surface area contributed by atoms with Crippen molar-refractivity contribution in [1.82, 2.24) is 9.88 Å². The molecular formula is C27H20ClN3O3S. The van der Waals surface area contributed by atoms with Gasteiger partial charge in [0.15, 0.2) is 5.11 Å². The number of nitrogens with one attached hydrogen (secondary N) is 1. The highest BCUT2D eigenvalue weighted by Gasteiger charge is 2.35. The summed E-state index contributed by atoms with van der Waals surface area (Å²) in [6, 6.07) is 22.0. The predicted molar refractivity (Wildman–Crippen MR) is 142 cm³/mol. The van der Waals surface area contributed by atoms with Crippen LogP contribution in [-0.2, 0) is 16.6 Å². The van der Waals surface area contributed by atoms with Crippen molar-refractivity contribution in [2.24, 2.45) is 7.05 Å². The molecular weight excluding hydrogens is 482 g/mol. The van der Waals surface area contributed by atoms with Crippen molar-refractivity contribution in [2.75, 3.05) is 4.90 Å². The van der Waals surface area contributed by atoms with Crippen molar-refractivity contribution >= 4 is 63.4 Å².